The van der Waals surface area contributed by atoms with E-state index in [1.54, 1.807) is 0 Å². The fourth-order valence-electron chi connectivity index (χ4n) is 9.84. The van der Waals surface area contributed by atoms with Crippen molar-refractivity contribution in [3.63, 3.8) is 0 Å². The van der Waals surface area contributed by atoms with Crippen LogP contribution in [0.2, 0.25) is 0 Å². The maximum atomic E-state index is 11.0. The lowest BCUT2D eigenvalue weighted by atomic mass is 9.44. The van der Waals surface area contributed by atoms with E-state index in [4.69, 9.17) is 10.8 Å². The van der Waals surface area contributed by atoms with Gasteiger partial charge in [-0.3, -0.25) is 9.48 Å². The molecule has 4 aliphatic rings. The number of aromatic nitrogens is 3. The number of aryl methyl sites for hydroxylation is 1. The molecule has 0 aromatic carbocycles. The Balaban J connectivity index is 1.17. The van der Waals surface area contributed by atoms with Gasteiger partial charge in [0.05, 0.1) is 11.8 Å². The topological polar surface area (TPSA) is 114 Å². The minimum absolute atomic E-state index is 0.0587. The summed E-state index contributed by atoms with van der Waals surface area (Å²) in [5, 5.41) is 27.6. The second-order valence-corrected chi connectivity index (χ2v) is 13.6. The van der Waals surface area contributed by atoms with Crippen molar-refractivity contribution >= 4 is 5.97 Å². The molecule has 10 atom stereocenters. The first-order valence-electron chi connectivity index (χ1n) is 14.7. The lowest BCUT2D eigenvalue weighted by Crippen LogP contribution is -2.54. The number of aliphatic carboxylic acids is 1. The zero-order valence-corrected chi connectivity index (χ0v) is 22.6. The van der Waals surface area contributed by atoms with Crippen LogP contribution < -0.4 is 5.73 Å². The highest BCUT2D eigenvalue weighted by molar-refractivity contribution is 5.73. The predicted octanol–water partition coefficient (Wildman–Crippen LogP) is 4.67. The summed E-state index contributed by atoms with van der Waals surface area (Å²) in [6, 6.07) is -0.927. The summed E-state index contributed by atoms with van der Waals surface area (Å²) in [5.41, 5.74) is 7.22. The van der Waals surface area contributed by atoms with E-state index in [1.807, 2.05) is 10.9 Å². The van der Waals surface area contributed by atoms with Gasteiger partial charge in [0.15, 0.2) is 0 Å². The zero-order valence-electron chi connectivity index (χ0n) is 22.6. The molecular formula is C29H48N4O3. The number of rotatable bonds is 8. The number of fused-ring (bicyclic) bond motifs is 5. The molecule has 7 heteroatoms. The number of aliphatic hydroxyl groups excluding tert-OH is 1. The van der Waals surface area contributed by atoms with E-state index in [9.17, 15) is 9.90 Å². The Bertz CT molecular complexity index is 935. The van der Waals surface area contributed by atoms with Crippen molar-refractivity contribution in [2.45, 2.75) is 117 Å². The molecule has 0 bridgehead atoms. The smallest absolute Gasteiger partial charge is 0.320 e. The van der Waals surface area contributed by atoms with Gasteiger partial charge in [0.1, 0.15) is 6.04 Å². The summed E-state index contributed by atoms with van der Waals surface area (Å²) in [6.45, 7) is 8.52. The highest BCUT2D eigenvalue weighted by Gasteiger charge is 2.60. The van der Waals surface area contributed by atoms with Crippen molar-refractivity contribution < 1.29 is 15.0 Å². The van der Waals surface area contributed by atoms with E-state index >= 15 is 0 Å². The standard InChI is InChI=1S/C29H48N4O3/c1-18(5-4-14-33-17-20(31-32-33)16-26(30)27(35)36)23-8-9-24-22-7-6-19-15-21(34)10-12-28(19,2)25(22)11-13-29(23,24)3/h17-19,21-26,34H,4-16,30H2,1-3H3,(H,35,36)/t18?,19?,21?,22?,23?,24?,25?,26?,28-,29+/m0/s1. The summed E-state index contributed by atoms with van der Waals surface area (Å²) >= 11 is 0. The lowest BCUT2D eigenvalue weighted by Gasteiger charge is -2.61. The number of nitrogens with zero attached hydrogens (tertiary/aromatic N) is 3. The second-order valence-electron chi connectivity index (χ2n) is 13.6. The van der Waals surface area contributed by atoms with Crippen LogP contribution in [0.3, 0.4) is 0 Å². The van der Waals surface area contributed by atoms with Gasteiger partial charge in [0, 0.05) is 19.2 Å². The van der Waals surface area contributed by atoms with Gasteiger partial charge in [-0.05, 0) is 117 Å². The Morgan fingerprint density at radius 2 is 1.89 bits per heavy atom. The lowest BCUT2D eigenvalue weighted by molar-refractivity contribution is -0.138. The Morgan fingerprint density at radius 1 is 1.14 bits per heavy atom. The average Bonchev–Trinajstić information content (AvgIpc) is 3.42. The van der Waals surface area contributed by atoms with Gasteiger partial charge in [-0.15, -0.1) is 5.10 Å². The molecule has 8 unspecified atom stereocenters. The number of hydrogen-bond acceptors (Lipinski definition) is 5. The summed E-state index contributed by atoms with van der Waals surface area (Å²) in [4.78, 5) is 11.0. The molecule has 4 saturated carbocycles. The van der Waals surface area contributed by atoms with Crippen LogP contribution in [0.5, 0.6) is 0 Å². The molecule has 4 N–H and O–H groups in total. The molecule has 4 fully saturated rings. The summed E-state index contributed by atoms with van der Waals surface area (Å²) in [6.07, 6.45) is 15.8. The third-order valence-electron chi connectivity index (χ3n) is 11.8. The van der Waals surface area contributed by atoms with E-state index in [-0.39, 0.29) is 12.5 Å². The Labute approximate surface area is 216 Å². The number of aliphatic hydroxyl groups is 1. The molecule has 7 nitrogen and oxygen atoms in total. The third kappa shape index (κ3) is 4.63. The minimum Gasteiger partial charge on any atom is -0.480 e. The van der Waals surface area contributed by atoms with Gasteiger partial charge < -0.3 is 15.9 Å². The van der Waals surface area contributed by atoms with Crippen LogP contribution in [-0.2, 0) is 17.8 Å². The average molecular weight is 501 g/mol. The molecule has 0 saturated heterocycles. The maximum absolute atomic E-state index is 11.0. The molecule has 4 aliphatic carbocycles. The fraction of sp³-hybridized carbons (Fsp3) is 0.897. The third-order valence-corrected chi connectivity index (χ3v) is 11.8. The van der Waals surface area contributed by atoms with Crippen molar-refractivity contribution in [3.8, 4) is 0 Å². The van der Waals surface area contributed by atoms with Crippen molar-refractivity contribution in [2.75, 3.05) is 0 Å². The Hall–Kier alpha value is -1.47. The number of hydrogen-bond donors (Lipinski definition) is 3. The first kappa shape index (κ1) is 26.1. The van der Waals surface area contributed by atoms with E-state index in [2.05, 4.69) is 31.1 Å². The summed E-state index contributed by atoms with van der Waals surface area (Å²) < 4.78 is 1.85. The monoisotopic (exact) mass is 500 g/mol. The maximum Gasteiger partial charge on any atom is 0.320 e. The largest absolute Gasteiger partial charge is 0.480 e. The first-order chi connectivity index (χ1) is 17.1. The quantitative estimate of drug-likeness (QED) is 0.478. The zero-order chi connectivity index (χ0) is 25.7. The predicted molar refractivity (Wildman–Crippen MR) is 139 cm³/mol. The van der Waals surface area contributed by atoms with Gasteiger partial charge >= 0.3 is 5.97 Å². The summed E-state index contributed by atoms with van der Waals surface area (Å²) in [5.74, 6) is 3.88. The van der Waals surface area contributed by atoms with Crippen LogP contribution in [-0.4, -0.2) is 43.3 Å². The first-order valence-corrected chi connectivity index (χ1v) is 14.7. The van der Waals surface area contributed by atoms with Crippen molar-refractivity contribution in [1.29, 1.82) is 0 Å². The number of carboxylic acids is 1. The highest BCUT2D eigenvalue weighted by Crippen LogP contribution is 2.68. The number of nitrogens with two attached hydrogens (primary N) is 1. The van der Waals surface area contributed by atoms with E-state index < -0.39 is 12.0 Å². The minimum atomic E-state index is -1.00. The van der Waals surface area contributed by atoms with Crippen LogP contribution in [0.4, 0.5) is 0 Å². The van der Waals surface area contributed by atoms with Crippen molar-refractivity contribution in [1.82, 2.24) is 15.0 Å². The van der Waals surface area contributed by atoms with Crippen LogP contribution in [0.25, 0.3) is 0 Å². The van der Waals surface area contributed by atoms with Gasteiger partial charge in [0.25, 0.3) is 0 Å². The molecule has 0 amide bonds. The van der Waals surface area contributed by atoms with Gasteiger partial charge in [-0.25, -0.2) is 0 Å². The Morgan fingerprint density at radius 3 is 2.67 bits per heavy atom. The van der Waals surface area contributed by atoms with Crippen LogP contribution in [0.1, 0.15) is 97.1 Å². The molecule has 0 aliphatic heterocycles. The van der Waals surface area contributed by atoms with Crippen molar-refractivity contribution in [2.24, 2.45) is 52.1 Å². The number of carboxylic acid groups (broad SMARTS) is 1. The van der Waals surface area contributed by atoms with Crippen molar-refractivity contribution in [3.05, 3.63) is 11.9 Å². The number of carbonyl (C=O) groups is 1. The molecular weight excluding hydrogens is 452 g/mol. The molecule has 0 spiro atoms. The van der Waals surface area contributed by atoms with Gasteiger partial charge in [-0.2, -0.15) is 0 Å². The Kier molecular flexibility index (Phi) is 7.27. The SMILES string of the molecule is CC(CCCn1cc(CC(N)C(=O)O)nn1)C1CCC2C3CCC4CC(O)CC[C@]4(C)C3CC[C@]12C. The van der Waals surface area contributed by atoms with Gasteiger partial charge in [-0.1, -0.05) is 26.0 Å². The second kappa shape index (κ2) is 10.0. The molecule has 1 aromatic heterocycles. The van der Waals surface area contributed by atoms with E-state index in [1.165, 1.54) is 51.4 Å². The highest BCUT2D eigenvalue weighted by atomic mass is 16.4. The van der Waals surface area contributed by atoms with Gasteiger partial charge in [0.2, 0.25) is 0 Å². The molecule has 1 aromatic rings. The molecule has 0 radical (unpaired) electrons. The van der Waals surface area contributed by atoms with E-state index in [0.717, 1.165) is 55.4 Å². The molecule has 1 heterocycles. The van der Waals surface area contributed by atoms with Crippen LogP contribution >= 0.6 is 0 Å². The van der Waals surface area contributed by atoms with E-state index in [0.29, 0.717) is 22.4 Å². The molecule has 5 rings (SSSR count). The van der Waals surface area contributed by atoms with Crippen LogP contribution in [0, 0.1) is 46.3 Å². The summed E-state index contributed by atoms with van der Waals surface area (Å²) in [7, 11) is 0. The van der Waals surface area contributed by atoms with Crippen LogP contribution in [0.15, 0.2) is 6.20 Å². The fourth-order valence-corrected chi connectivity index (χ4v) is 9.84. The molecule has 36 heavy (non-hydrogen) atoms. The normalized spacial score (nSPS) is 41.7. The molecule has 202 valence electrons.